The van der Waals surface area contributed by atoms with Crippen LogP contribution in [0.1, 0.15) is 12.7 Å². The summed E-state index contributed by atoms with van der Waals surface area (Å²) in [5, 5.41) is 12.5. The summed E-state index contributed by atoms with van der Waals surface area (Å²) in [6.07, 6.45) is 0. The highest BCUT2D eigenvalue weighted by atomic mass is 15.2. The molecule has 1 aliphatic heterocycles. The van der Waals surface area contributed by atoms with E-state index in [2.05, 4.69) is 26.9 Å². The summed E-state index contributed by atoms with van der Waals surface area (Å²) in [6, 6.07) is 10.5. The summed E-state index contributed by atoms with van der Waals surface area (Å²) in [5.41, 5.74) is 2.15. The van der Waals surface area contributed by atoms with Gasteiger partial charge >= 0.3 is 0 Å². The molecule has 5 nitrogen and oxygen atoms in total. The van der Waals surface area contributed by atoms with E-state index in [1.165, 1.54) is 0 Å². The van der Waals surface area contributed by atoms with Crippen LogP contribution in [0.2, 0.25) is 0 Å². The Labute approximate surface area is 125 Å². The molecular weight excluding hydrogens is 262 g/mol. The molecule has 21 heavy (non-hydrogen) atoms. The zero-order valence-corrected chi connectivity index (χ0v) is 12.4. The Morgan fingerprint density at radius 2 is 2.10 bits per heavy atom. The van der Waals surface area contributed by atoms with Gasteiger partial charge in [-0.05, 0) is 19.1 Å². The first-order valence-electron chi connectivity index (χ1n) is 7.55. The third kappa shape index (κ3) is 3.07. The van der Waals surface area contributed by atoms with E-state index >= 15 is 0 Å². The number of fused-ring (bicyclic) bond motifs is 1. The number of rotatable bonds is 4. The molecular formula is C16H21N5. The van der Waals surface area contributed by atoms with E-state index < -0.39 is 0 Å². The molecule has 1 N–H and O–H groups in total. The molecule has 5 heteroatoms. The Kier molecular flexibility index (Phi) is 4.18. The van der Waals surface area contributed by atoms with Crippen molar-refractivity contribution in [2.45, 2.75) is 20.0 Å². The number of para-hydroxylation sites is 2. The standard InChI is InChI=1S/C16H21N5/c1-13(10-17)11-21-15-5-3-2-4-14(15)19-16(21)12-20-8-6-18-7-9-20/h2-5,13,18H,6-9,11-12H2,1H3. The monoisotopic (exact) mass is 283 g/mol. The van der Waals surface area contributed by atoms with Crippen molar-refractivity contribution in [2.24, 2.45) is 5.92 Å². The smallest absolute Gasteiger partial charge is 0.124 e. The van der Waals surface area contributed by atoms with Crippen molar-refractivity contribution in [3.05, 3.63) is 30.1 Å². The SMILES string of the molecule is CC(C#N)Cn1c(CN2CCNCC2)nc2ccccc21. The lowest BCUT2D eigenvalue weighted by molar-refractivity contribution is 0.225. The lowest BCUT2D eigenvalue weighted by Crippen LogP contribution is -2.43. The minimum Gasteiger partial charge on any atom is -0.326 e. The minimum absolute atomic E-state index is 0.00983. The fourth-order valence-corrected chi connectivity index (χ4v) is 2.83. The molecule has 1 aromatic heterocycles. The van der Waals surface area contributed by atoms with Gasteiger partial charge in [-0.1, -0.05) is 12.1 Å². The third-order valence-electron chi connectivity index (χ3n) is 3.99. The van der Waals surface area contributed by atoms with Crippen LogP contribution in [0.25, 0.3) is 11.0 Å². The van der Waals surface area contributed by atoms with Gasteiger partial charge in [0.1, 0.15) is 5.82 Å². The maximum absolute atomic E-state index is 9.12. The van der Waals surface area contributed by atoms with Gasteiger partial charge in [-0.2, -0.15) is 5.26 Å². The second-order valence-electron chi connectivity index (χ2n) is 5.68. The Morgan fingerprint density at radius 3 is 2.86 bits per heavy atom. The highest BCUT2D eigenvalue weighted by molar-refractivity contribution is 5.75. The van der Waals surface area contributed by atoms with Gasteiger partial charge in [-0.15, -0.1) is 0 Å². The number of hydrogen-bond donors (Lipinski definition) is 1. The van der Waals surface area contributed by atoms with Gasteiger partial charge in [-0.25, -0.2) is 4.98 Å². The summed E-state index contributed by atoms with van der Waals surface area (Å²) in [6.45, 7) is 7.70. The number of aromatic nitrogens is 2. The van der Waals surface area contributed by atoms with Gasteiger partial charge in [0.05, 0.1) is 29.6 Å². The second-order valence-corrected chi connectivity index (χ2v) is 5.68. The minimum atomic E-state index is -0.00983. The van der Waals surface area contributed by atoms with Gasteiger partial charge in [-0.3, -0.25) is 4.90 Å². The third-order valence-corrected chi connectivity index (χ3v) is 3.99. The first-order valence-corrected chi connectivity index (χ1v) is 7.55. The molecule has 1 atom stereocenters. The molecule has 1 aliphatic rings. The van der Waals surface area contributed by atoms with Crippen molar-refractivity contribution < 1.29 is 0 Å². The first-order chi connectivity index (χ1) is 10.3. The van der Waals surface area contributed by atoms with E-state index in [-0.39, 0.29) is 5.92 Å². The van der Waals surface area contributed by atoms with Gasteiger partial charge in [0.2, 0.25) is 0 Å². The first kappa shape index (κ1) is 14.1. The topological polar surface area (TPSA) is 56.9 Å². The van der Waals surface area contributed by atoms with Crippen LogP contribution in [0, 0.1) is 17.2 Å². The van der Waals surface area contributed by atoms with E-state index in [1.807, 2.05) is 25.1 Å². The lowest BCUT2D eigenvalue weighted by Gasteiger charge is -2.27. The van der Waals surface area contributed by atoms with Crippen LogP contribution in [0.15, 0.2) is 24.3 Å². The van der Waals surface area contributed by atoms with Crippen molar-refractivity contribution in [1.29, 1.82) is 5.26 Å². The highest BCUT2D eigenvalue weighted by Crippen LogP contribution is 2.19. The molecule has 3 rings (SSSR count). The summed E-state index contributed by atoms with van der Waals surface area (Å²) >= 11 is 0. The van der Waals surface area contributed by atoms with Gasteiger partial charge in [0, 0.05) is 32.7 Å². The van der Waals surface area contributed by atoms with Crippen LogP contribution >= 0.6 is 0 Å². The summed E-state index contributed by atoms with van der Waals surface area (Å²) < 4.78 is 2.21. The molecule has 1 aromatic carbocycles. The van der Waals surface area contributed by atoms with E-state index in [0.717, 1.165) is 49.6 Å². The van der Waals surface area contributed by atoms with Crippen LogP contribution in [-0.2, 0) is 13.1 Å². The number of nitrogens with zero attached hydrogens (tertiary/aromatic N) is 4. The Morgan fingerprint density at radius 1 is 1.33 bits per heavy atom. The van der Waals surface area contributed by atoms with E-state index in [1.54, 1.807) is 0 Å². The number of benzene rings is 1. The number of imidazole rings is 1. The molecule has 1 unspecified atom stereocenters. The van der Waals surface area contributed by atoms with Crippen LogP contribution in [0.5, 0.6) is 0 Å². The molecule has 0 amide bonds. The predicted octanol–water partition coefficient (Wildman–Crippen LogP) is 1.60. The molecule has 0 saturated carbocycles. The second kappa shape index (κ2) is 6.25. The van der Waals surface area contributed by atoms with Crippen LogP contribution in [0.3, 0.4) is 0 Å². The zero-order chi connectivity index (χ0) is 14.7. The van der Waals surface area contributed by atoms with Crippen molar-refractivity contribution in [1.82, 2.24) is 19.8 Å². The summed E-state index contributed by atoms with van der Waals surface area (Å²) in [4.78, 5) is 7.21. The average Bonchev–Trinajstić information content (AvgIpc) is 2.86. The fraction of sp³-hybridized carbons (Fsp3) is 0.500. The van der Waals surface area contributed by atoms with Crippen LogP contribution in [0.4, 0.5) is 0 Å². The van der Waals surface area contributed by atoms with E-state index in [4.69, 9.17) is 10.2 Å². The zero-order valence-electron chi connectivity index (χ0n) is 12.4. The van der Waals surface area contributed by atoms with Gasteiger partial charge < -0.3 is 9.88 Å². The van der Waals surface area contributed by atoms with Crippen molar-refractivity contribution in [3.63, 3.8) is 0 Å². The number of nitrogens with one attached hydrogen (secondary N) is 1. The molecule has 0 spiro atoms. The predicted molar refractivity (Wildman–Crippen MR) is 82.7 cm³/mol. The fourth-order valence-electron chi connectivity index (χ4n) is 2.83. The summed E-state index contributed by atoms with van der Waals surface area (Å²) in [5.74, 6) is 1.06. The molecule has 1 saturated heterocycles. The molecule has 0 aliphatic carbocycles. The largest absolute Gasteiger partial charge is 0.326 e. The van der Waals surface area contributed by atoms with Gasteiger partial charge in [0.15, 0.2) is 0 Å². The number of nitriles is 1. The molecule has 110 valence electrons. The molecule has 0 radical (unpaired) electrons. The maximum Gasteiger partial charge on any atom is 0.124 e. The van der Waals surface area contributed by atoms with E-state index in [9.17, 15) is 0 Å². The molecule has 1 fully saturated rings. The summed E-state index contributed by atoms with van der Waals surface area (Å²) in [7, 11) is 0. The quantitative estimate of drug-likeness (QED) is 0.926. The Bertz CT molecular complexity index is 648. The Hall–Kier alpha value is -1.90. The van der Waals surface area contributed by atoms with Crippen molar-refractivity contribution in [3.8, 4) is 6.07 Å². The van der Waals surface area contributed by atoms with E-state index in [0.29, 0.717) is 6.54 Å². The van der Waals surface area contributed by atoms with Crippen LogP contribution < -0.4 is 5.32 Å². The van der Waals surface area contributed by atoms with Crippen molar-refractivity contribution >= 4 is 11.0 Å². The molecule has 2 heterocycles. The highest BCUT2D eigenvalue weighted by Gasteiger charge is 2.17. The number of piperazine rings is 1. The maximum atomic E-state index is 9.12. The van der Waals surface area contributed by atoms with Crippen LogP contribution in [-0.4, -0.2) is 40.6 Å². The number of hydrogen-bond acceptors (Lipinski definition) is 4. The average molecular weight is 283 g/mol. The van der Waals surface area contributed by atoms with Crippen molar-refractivity contribution in [2.75, 3.05) is 26.2 Å². The normalized spacial score (nSPS) is 17.7. The molecule has 0 bridgehead atoms. The lowest BCUT2D eigenvalue weighted by atomic mass is 10.2. The molecule has 2 aromatic rings. The Balaban J connectivity index is 1.92. The van der Waals surface area contributed by atoms with Gasteiger partial charge in [0.25, 0.3) is 0 Å².